The molecule has 41 heavy (non-hydrogen) atoms. The maximum absolute atomic E-state index is 15.8. The molecule has 0 saturated carbocycles. The largest absolute Gasteiger partial charge is 0.472 e. The summed E-state index contributed by atoms with van der Waals surface area (Å²) >= 11 is 0. The third-order valence-corrected chi connectivity index (χ3v) is 8.75. The van der Waals surface area contributed by atoms with E-state index in [2.05, 4.69) is 30.2 Å². The number of phosphoric ester groups is 1. The van der Waals surface area contributed by atoms with Crippen molar-refractivity contribution in [1.29, 1.82) is 0 Å². The van der Waals surface area contributed by atoms with E-state index in [1.165, 1.54) is 28.1 Å². The van der Waals surface area contributed by atoms with Crippen molar-refractivity contribution in [3.63, 3.8) is 0 Å². The maximum atomic E-state index is 15.8. The number of rotatable bonds is 2. The number of fused-ring (bicyclic) bond motifs is 5. The van der Waals surface area contributed by atoms with Crippen LogP contribution in [0.2, 0.25) is 0 Å². The number of phosphoric acid groups is 1. The zero-order valence-corrected chi connectivity index (χ0v) is 22.0. The Labute approximate surface area is 229 Å². The number of guanidine groups is 1. The molecular weight excluding hydrogens is 570 g/mol. The number of imidazole rings is 2. The highest BCUT2D eigenvalue weighted by Gasteiger charge is 2.53. The van der Waals surface area contributed by atoms with Crippen molar-refractivity contribution in [3.8, 4) is 0 Å². The minimum atomic E-state index is -4.88. The van der Waals surface area contributed by atoms with Gasteiger partial charge in [0.15, 0.2) is 35.8 Å². The van der Waals surface area contributed by atoms with Crippen LogP contribution in [0.5, 0.6) is 0 Å². The number of aliphatic imine (C=N–C) groups is 1. The molecule has 7 heterocycles. The van der Waals surface area contributed by atoms with Crippen LogP contribution >= 0.6 is 7.82 Å². The molecule has 10 atom stereocenters. The Balaban J connectivity index is 1.18. The zero-order valence-electron chi connectivity index (χ0n) is 21.1. The SMILES string of the molecule is NC1=NC(N)c2ncn([C@@H]3OC4CC[C@H]5[C@@H](O)[C@H](n6cnc7c(=O)[nH]cnc76)O[C@@H]5COP(=O)(O)O[C@@H]3[C@@H]4F)c2N1. The minimum absolute atomic E-state index is 0.00225. The summed E-state index contributed by atoms with van der Waals surface area (Å²) in [4.78, 5) is 41.5. The van der Waals surface area contributed by atoms with Gasteiger partial charge in [0.25, 0.3) is 5.56 Å². The number of alkyl halides is 1. The summed E-state index contributed by atoms with van der Waals surface area (Å²) in [5.41, 5.74) is 11.9. The number of nitrogens with one attached hydrogen (secondary N) is 2. The standard InChI is InChI=1S/C21H26FN10O8P/c22-10-8-2-1-7-9(39-19(13(7)33)31-6-28-12-16(31)25-4-26-18(12)34)3-37-41(35,36)40-14(10)20(38-8)32-5-27-11-15(23)29-21(24)30-17(11)32/h4-10,13-15,19-20,33H,1-3,23H2,(H,35,36)(H3,24,29,30)(H,25,26,34)/t7-,8?,9-,10-,13-,14-,15?,19-,20-/m1/s1. The second kappa shape index (κ2) is 9.63. The van der Waals surface area contributed by atoms with Gasteiger partial charge in [0.1, 0.15) is 29.9 Å². The first-order valence-electron chi connectivity index (χ1n) is 12.7. The van der Waals surface area contributed by atoms with Crippen molar-refractivity contribution in [2.45, 2.75) is 62.1 Å². The summed E-state index contributed by atoms with van der Waals surface area (Å²) in [5, 5.41) is 14.1. The van der Waals surface area contributed by atoms with Gasteiger partial charge in [-0.3, -0.25) is 23.0 Å². The van der Waals surface area contributed by atoms with Gasteiger partial charge >= 0.3 is 7.82 Å². The number of hydrogen-bond acceptors (Lipinski definition) is 14. The molecule has 8 N–H and O–H groups in total. The smallest absolute Gasteiger partial charge is 0.388 e. The molecule has 0 amide bonds. The topological polar surface area (TPSA) is 252 Å². The van der Waals surface area contributed by atoms with Gasteiger partial charge in [-0.25, -0.2) is 28.9 Å². The van der Waals surface area contributed by atoms with E-state index in [9.17, 15) is 19.4 Å². The van der Waals surface area contributed by atoms with E-state index in [4.69, 9.17) is 30.0 Å². The number of aromatic nitrogens is 6. The normalized spacial score (nSPS) is 39.0. The fraction of sp³-hybridized carbons (Fsp3) is 0.571. The highest BCUT2D eigenvalue weighted by atomic mass is 31.2. The first-order chi connectivity index (χ1) is 19.6. The average Bonchev–Trinajstić information content (AvgIpc) is 3.67. The Morgan fingerprint density at radius 3 is 2.73 bits per heavy atom. The molecule has 7 rings (SSSR count). The fourth-order valence-electron chi connectivity index (χ4n) is 5.84. The summed E-state index contributed by atoms with van der Waals surface area (Å²) < 4.78 is 54.3. The van der Waals surface area contributed by atoms with Crippen molar-refractivity contribution in [2.75, 3.05) is 11.9 Å². The van der Waals surface area contributed by atoms with E-state index < -0.39 is 75.1 Å². The summed E-state index contributed by atoms with van der Waals surface area (Å²) in [6.45, 7) is -0.448. The van der Waals surface area contributed by atoms with Gasteiger partial charge in [-0.05, 0) is 12.8 Å². The van der Waals surface area contributed by atoms with Crippen molar-refractivity contribution < 1.29 is 37.5 Å². The second-order valence-corrected chi connectivity index (χ2v) is 11.6. The lowest BCUT2D eigenvalue weighted by Crippen LogP contribution is -2.34. The highest BCUT2D eigenvalue weighted by Crippen LogP contribution is 2.53. The predicted molar refractivity (Wildman–Crippen MR) is 135 cm³/mol. The molecule has 0 radical (unpaired) electrons. The van der Waals surface area contributed by atoms with Crippen molar-refractivity contribution >= 4 is 30.8 Å². The minimum Gasteiger partial charge on any atom is -0.388 e. The van der Waals surface area contributed by atoms with E-state index in [0.717, 1.165) is 0 Å². The molecule has 0 spiro atoms. The zero-order chi connectivity index (χ0) is 28.6. The summed E-state index contributed by atoms with van der Waals surface area (Å²) in [7, 11) is -4.88. The van der Waals surface area contributed by atoms with Gasteiger partial charge in [0, 0.05) is 5.92 Å². The second-order valence-electron chi connectivity index (χ2n) is 10.2. The first-order valence-corrected chi connectivity index (χ1v) is 14.2. The number of aliphatic hydroxyl groups is 1. The van der Waals surface area contributed by atoms with Crippen molar-refractivity contribution in [3.05, 3.63) is 35.0 Å². The third kappa shape index (κ3) is 4.36. The molecule has 3 unspecified atom stereocenters. The van der Waals surface area contributed by atoms with Gasteiger partial charge in [0.2, 0.25) is 0 Å². The van der Waals surface area contributed by atoms with Crippen LogP contribution in [-0.2, 0) is 23.1 Å². The van der Waals surface area contributed by atoms with Crippen LogP contribution in [0.25, 0.3) is 11.2 Å². The van der Waals surface area contributed by atoms with E-state index in [1.54, 1.807) is 0 Å². The molecule has 18 nitrogen and oxygen atoms in total. The lowest BCUT2D eigenvalue weighted by molar-refractivity contribution is -0.0604. The molecule has 0 aliphatic carbocycles. The molecule has 3 aromatic rings. The van der Waals surface area contributed by atoms with Gasteiger partial charge < -0.3 is 41.2 Å². The van der Waals surface area contributed by atoms with Crippen LogP contribution in [0.15, 0.2) is 28.8 Å². The molecule has 2 bridgehead atoms. The summed E-state index contributed by atoms with van der Waals surface area (Å²) in [6.07, 6.45) is -5.66. The van der Waals surface area contributed by atoms with Gasteiger partial charge in [-0.1, -0.05) is 0 Å². The molecule has 0 aromatic carbocycles. The Kier molecular flexibility index (Phi) is 6.25. The van der Waals surface area contributed by atoms with Crippen molar-refractivity contribution in [1.82, 2.24) is 29.1 Å². The van der Waals surface area contributed by atoms with E-state index in [1.807, 2.05) is 0 Å². The number of nitrogens with zero attached hydrogens (tertiary/aromatic N) is 6. The van der Waals surface area contributed by atoms with Crippen LogP contribution in [0, 0.1) is 5.92 Å². The van der Waals surface area contributed by atoms with Gasteiger partial charge in [-0.2, -0.15) is 0 Å². The lowest BCUT2D eigenvalue weighted by atomic mass is 9.90. The van der Waals surface area contributed by atoms with E-state index in [0.29, 0.717) is 5.69 Å². The Bertz CT molecular complexity index is 1630. The maximum Gasteiger partial charge on any atom is 0.472 e. The Morgan fingerprint density at radius 1 is 1.12 bits per heavy atom. The van der Waals surface area contributed by atoms with Crippen LogP contribution in [-0.4, -0.2) is 82.2 Å². The summed E-state index contributed by atoms with van der Waals surface area (Å²) in [6, 6.07) is 0. The molecule has 220 valence electrons. The van der Waals surface area contributed by atoms with Crippen LogP contribution in [0.1, 0.15) is 37.2 Å². The number of hydrogen-bond donors (Lipinski definition) is 6. The number of aromatic amines is 1. The van der Waals surface area contributed by atoms with E-state index >= 15 is 4.39 Å². The predicted octanol–water partition coefficient (Wildman–Crippen LogP) is -0.880. The Hall–Kier alpha value is -3.29. The molecular formula is C21H26FN10O8P. The van der Waals surface area contributed by atoms with Crippen LogP contribution < -0.4 is 22.3 Å². The molecule has 3 aromatic heterocycles. The lowest BCUT2D eigenvalue weighted by Gasteiger charge is -2.27. The molecule has 3 fully saturated rings. The number of aliphatic hydroxyl groups excluding tert-OH is 1. The highest BCUT2D eigenvalue weighted by molar-refractivity contribution is 7.47. The quantitative estimate of drug-likeness (QED) is 0.197. The molecule has 4 aliphatic rings. The number of nitrogens with two attached hydrogens (primary N) is 2. The number of halogens is 1. The fourth-order valence-corrected chi connectivity index (χ4v) is 6.76. The number of anilines is 1. The number of ether oxygens (including phenoxy) is 2. The van der Waals surface area contributed by atoms with Gasteiger partial charge in [-0.15, -0.1) is 0 Å². The third-order valence-electron chi connectivity index (χ3n) is 7.77. The van der Waals surface area contributed by atoms with E-state index in [-0.39, 0.29) is 35.8 Å². The van der Waals surface area contributed by atoms with Gasteiger partial charge in [0.05, 0.1) is 37.8 Å². The molecule has 3 saturated heterocycles. The first kappa shape index (κ1) is 26.6. The molecule has 20 heteroatoms. The number of H-pyrrole nitrogens is 1. The summed E-state index contributed by atoms with van der Waals surface area (Å²) in [5.74, 6) is -0.398. The van der Waals surface area contributed by atoms with Crippen molar-refractivity contribution in [2.24, 2.45) is 22.4 Å². The van der Waals surface area contributed by atoms with Crippen LogP contribution in [0.4, 0.5) is 10.2 Å². The van der Waals surface area contributed by atoms with Crippen LogP contribution in [0.3, 0.4) is 0 Å². The monoisotopic (exact) mass is 596 g/mol. The average molecular weight is 596 g/mol. The molecule has 4 aliphatic heterocycles. The Morgan fingerprint density at radius 2 is 1.90 bits per heavy atom.